The van der Waals surface area contributed by atoms with E-state index in [4.69, 9.17) is 14.2 Å². The van der Waals surface area contributed by atoms with Crippen molar-refractivity contribution in [2.45, 2.75) is 6.92 Å². The van der Waals surface area contributed by atoms with E-state index in [0.717, 1.165) is 5.56 Å². The highest BCUT2D eigenvalue weighted by Gasteiger charge is 2.12. The number of rotatable bonds is 8. The van der Waals surface area contributed by atoms with Gasteiger partial charge in [-0.3, -0.25) is 9.59 Å². The molecule has 0 unspecified atom stereocenters. The standard InChI is InChI=1S/C20H23N3O5/c1-13-7-5-6-8-15(13)20(25)21-12-18(24)23-22-11-14-9-16(26-2)19(28-4)17(10-14)27-3/h5-11H,12H2,1-4H3,(H,21,25)(H,23,24)/b22-11+. The van der Waals surface area contributed by atoms with Crippen molar-refractivity contribution in [1.82, 2.24) is 10.7 Å². The number of amides is 2. The molecular formula is C20H23N3O5. The van der Waals surface area contributed by atoms with Crippen LogP contribution in [0.15, 0.2) is 41.5 Å². The van der Waals surface area contributed by atoms with E-state index in [2.05, 4.69) is 15.8 Å². The largest absolute Gasteiger partial charge is 0.493 e. The molecule has 2 rings (SSSR count). The molecule has 0 heterocycles. The van der Waals surface area contributed by atoms with E-state index in [1.807, 2.05) is 19.1 Å². The summed E-state index contributed by atoms with van der Waals surface area (Å²) < 4.78 is 15.8. The van der Waals surface area contributed by atoms with Gasteiger partial charge in [0.05, 0.1) is 34.1 Å². The first-order valence-corrected chi connectivity index (χ1v) is 8.46. The molecule has 2 N–H and O–H groups in total. The summed E-state index contributed by atoms with van der Waals surface area (Å²) in [6.07, 6.45) is 1.44. The third-order valence-corrected chi connectivity index (χ3v) is 3.89. The zero-order valence-electron chi connectivity index (χ0n) is 16.2. The summed E-state index contributed by atoms with van der Waals surface area (Å²) in [7, 11) is 4.54. The Labute approximate surface area is 163 Å². The van der Waals surface area contributed by atoms with Crippen LogP contribution in [0.1, 0.15) is 21.5 Å². The number of hydrazone groups is 1. The Bertz CT molecular complexity index is 855. The van der Waals surface area contributed by atoms with Gasteiger partial charge in [-0.2, -0.15) is 5.10 Å². The highest BCUT2D eigenvalue weighted by atomic mass is 16.5. The van der Waals surface area contributed by atoms with E-state index in [0.29, 0.717) is 28.4 Å². The quantitative estimate of drug-likeness (QED) is 0.534. The summed E-state index contributed by atoms with van der Waals surface area (Å²) in [5.41, 5.74) is 4.36. The van der Waals surface area contributed by atoms with Crippen LogP contribution in [-0.4, -0.2) is 45.9 Å². The summed E-state index contributed by atoms with van der Waals surface area (Å²) in [4.78, 5) is 24.0. The molecule has 0 spiro atoms. The first kappa shape index (κ1) is 20.8. The van der Waals surface area contributed by atoms with Gasteiger partial charge in [0.2, 0.25) is 5.75 Å². The minimum atomic E-state index is -0.453. The molecule has 2 aromatic rings. The van der Waals surface area contributed by atoms with Crippen molar-refractivity contribution in [2.75, 3.05) is 27.9 Å². The Morgan fingerprint density at radius 3 is 2.25 bits per heavy atom. The molecule has 0 aliphatic rings. The number of nitrogens with one attached hydrogen (secondary N) is 2. The number of methoxy groups -OCH3 is 3. The summed E-state index contributed by atoms with van der Waals surface area (Å²) in [5, 5.41) is 6.45. The molecule has 0 saturated carbocycles. The first-order chi connectivity index (χ1) is 13.5. The molecule has 2 aromatic carbocycles. The molecule has 8 nitrogen and oxygen atoms in total. The van der Waals surface area contributed by atoms with Crippen LogP contribution in [0.3, 0.4) is 0 Å². The number of aryl methyl sites for hydroxylation is 1. The molecule has 148 valence electrons. The fraction of sp³-hybridized carbons (Fsp3) is 0.250. The number of carbonyl (C=O) groups excluding carboxylic acids is 2. The molecule has 0 aliphatic heterocycles. The van der Waals surface area contributed by atoms with Crippen molar-refractivity contribution in [2.24, 2.45) is 5.10 Å². The average molecular weight is 385 g/mol. The van der Waals surface area contributed by atoms with Crippen molar-refractivity contribution in [3.63, 3.8) is 0 Å². The van der Waals surface area contributed by atoms with Crippen LogP contribution in [-0.2, 0) is 4.79 Å². The lowest BCUT2D eigenvalue weighted by molar-refractivity contribution is -0.120. The van der Waals surface area contributed by atoms with Crippen molar-refractivity contribution in [3.05, 3.63) is 53.1 Å². The summed E-state index contributed by atoms with van der Waals surface area (Å²) >= 11 is 0. The number of ether oxygens (including phenoxy) is 3. The van der Waals surface area contributed by atoms with Crippen molar-refractivity contribution < 1.29 is 23.8 Å². The molecule has 0 bridgehead atoms. The van der Waals surface area contributed by atoms with Crippen LogP contribution in [0, 0.1) is 6.92 Å². The van der Waals surface area contributed by atoms with Gasteiger partial charge in [0.25, 0.3) is 11.8 Å². The zero-order chi connectivity index (χ0) is 20.5. The molecule has 0 fully saturated rings. The highest BCUT2D eigenvalue weighted by molar-refractivity contribution is 5.97. The van der Waals surface area contributed by atoms with Gasteiger partial charge in [-0.15, -0.1) is 0 Å². The second-order valence-corrected chi connectivity index (χ2v) is 5.75. The maximum absolute atomic E-state index is 12.1. The van der Waals surface area contributed by atoms with Crippen molar-refractivity contribution in [1.29, 1.82) is 0 Å². The van der Waals surface area contributed by atoms with Crippen LogP contribution in [0.4, 0.5) is 0 Å². The van der Waals surface area contributed by atoms with Gasteiger partial charge >= 0.3 is 0 Å². The second-order valence-electron chi connectivity index (χ2n) is 5.75. The Hall–Kier alpha value is -3.55. The monoisotopic (exact) mass is 385 g/mol. The number of carbonyl (C=O) groups is 2. The van der Waals surface area contributed by atoms with Crippen LogP contribution in [0.5, 0.6) is 17.2 Å². The number of benzene rings is 2. The van der Waals surface area contributed by atoms with Gasteiger partial charge in [0, 0.05) is 11.1 Å². The smallest absolute Gasteiger partial charge is 0.259 e. The molecule has 8 heteroatoms. The predicted octanol–water partition coefficient (Wildman–Crippen LogP) is 1.90. The highest BCUT2D eigenvalue weighted by Crippen LogP contribution is 2.37. The fourth-order valence-corrected chi connectivity index (χ4v) is 2.48. The van der Waals surface area contributed by atoms with Crippen LogP contribution < -0.4 is 25.0 Å². The maximum Gasteiger partial charge on any atom is 0.259 e. The Morgan fingerprint density at radius 1 is 1.04 bits per heavy atom. The topological polar surface area (TPSA) is 98.2 Å². The zero-order valence-corrected chi connectivity index (χ0v) is 16.2. The maximum atomic E-state index is 12.1. The Morgan fingerprint density at radius 2 is 1.68 bits per heavy atom. The van der Waals surface area contributed by atoms with E-state index >= 15 is 0 Å². The lowest BCUT2D eigenvalue weighted by Crippen LogP contribution is -2.35. The lowest BCUT2D eigenvalue weighted by Gasteiger charge is -2.12. The van der Waals surface area contributed by atoms with Crippen LogP contribution >= 0.6 is 0 Å². The molecular weight excluding hydrogens is 362 g/mol. The number of hydrogen-bond donors (Lipinski definition) is 2. The van der Waals surface area contributed by atoms with E-state index in [-0.39, 0.29) is 12.5 Å². The van der Waals surface area contributed by atoms with Crippen molar-refractivity contribution in [3.8, 4) is 17.2 Å². The van der Waals surface area contributed by atoms with Crippen LogP contribution in [0.25, 0.3) is 0 Å². The normalized spacial score (nSPS) is 10.4. The predicted molar refractivity (Wildman–Crippen MR) is 105 cm³/mol. The van der Waals surface area contributed by atoms with Crippen LogP contribution in [0.2, 0.25) is 0 Å². The Kier molecular flexibility index (Phi) is 7.38. The fourth-order valence-electron chi connectivity index (χ4n) is 2.48. The van der Waals surface area contributed by atoms with Gasteiger partial charge in [0.15, 0.2) is 11.5 Å². The summed E-state index contributed by atoms with van der Waals surface area (Å²) in [6.45, 7) is 1.64. The molecule has 0 aliphatic carbocycles. The third-order valence-electron chi connectivity index (χ3n) is 3.89. The summed E-state index contributed by atoms with van der Waals surface area (Å²) in [6, 6.07) is 10.5. The van der Waals surface area contributed by atoms with Gasteiger partial charge in [0.1, 0.15) is 0 Å². The van der Waals surface area contributed by atoms with E-state index in [9.17, 15) is 9.59 Å². The average Bonchev–Trinajstić information content (AvgIpc) is 2.71. The van der Waals surface area contributed by atoms with Crippen molar-refractivity contribution >= 4 is 18.0 Å². The molecule has 0 saturated heterocycles. The molecule has 2 amide bonds. The molecule has 0 radical (unpaired) electrons. The number of hydrogen-bond acceptors (Lipinski definition) is 6. The lowest BCUT2D eigenvalue weighted by atomic mass is 10.1. The van der Waals surface area contributed by atoms with Gasteiger partial charge in [-0.25, -0.2) is 5.43 Å². The SMILES string of the molecule is COc1cc(/C=N/NC(=O)CNC(=O)c2ccccc2C)cc(OC)c1OC. The van der Waals surface area contributed by atoms with Gasteiger partial charge in [-0.1, -0.05) is 18.2 Å². The van der Waals surface area contributed by atoms with E-state index in [1.165, 1.54) is 27.5 Å². The summed E-state index contributed by atoms with van der Waals surface area (Å²) in [5.74, 6) is 0.637. The van der Waals surface area contributed by atoms with Gasteiger partial charge < -0.3 is 19.5 Å². The van der Waals surface area contributed by atoms with Gasteiger partial charge in [-0.05, 0) is 30.7 Å². The molecule has 0 aromatic heterocycles. The molecule has 0 atom stereocenters. The minimum absolute atomic E-state index is 0.195. The third kappa shape index (κ3) is 5.23. The first-order valence-electron chi connectivity index (χ1n) is 8.46. The van der Waals surface area contributed by atoms with E-state index < -0.39 is 5.91 Å². The minimum Gasteiger partial charge on any atom is -0.493 e. The number of nitrogens with zero attached hydrogens (tertiary/aromatic N) is 1. The second kappa shape index (κ2) is 9.96. The molecule has 28 heavy (non-hydrogen) atoms. The Balaban J connectivity index is 1.94. The van der Waals surface area contributed by atoms with E-state index in [1.54, 1.807) is 24.3 Å².